The van der Waals surface area contributed by atoms with Gasteiger partial charge in [-0.1, -0.05) is 5.92 Å². The maximum Gasteiger partial charge on any atom is 0.303 e. The lowest BCUT2D eigenvalue weighted by Gasteiger charge is -2.24. The van der Waals surface area contributed by atoms with Crippen molar-refractivity contribution < 1.29 is 33.3 Å². The first-order valence-electron chi connectivity index (χ1n) is 9.53. The molecule has 1 fully saturated rings. The molecule has 3 heterocycles. The van der Waals surface area contributed by atoms with E-state index >= 15 is 0 Å². The minimum absolute atomic E-state index is 0.0500. The van der Waals surface area contributed by atoms with Gasteiger partial charge in [0.2, 0.25) is 0 Å². The number of rotatable bonds is 5. The van der Waals surface area contributed by atoms with Gasteiger partial charge in [-0.15, -0.1) is 0 Å². The Kier molecular flexibility index (Phi) is 6.86. The normalized spacial score (nSPS) is 22.1. The molecule has 2 aromatic heterocycles. The maximum atomic E-state index is 11.9. The number of hydrogen-bond acceptors (Lipinski definition) is 12. The zero-order valence-electron chi connectivity index (χ0n) is 17.6. The van der Waals surface area contributed by atoms with Gasteiger partial charge >= 0.3 is 17.9 Å². The fraction of sp³-hybridized carbons (Fsp3) is 0.474. The molecule has 1 aliphatic heterocycles. The molecule has 170 valence electrons. The number of ether oxygens (including phenoxy) is 4. The summed E-state index contributed by atoms with van der Waals surface area (Å²) in [6.45, 7) is 3.41. The monoisotopic (exact) mass is 446 g/mol. The Labute approximate surface area is 182 Å². The van der Waals surface area contributed by atoms with Gasteiger partial charge in [-0.05, 0) is 5.92 Å². The number of hydrogen-bond donors (Lipinski definition) is 2. The van der Waals surface area contributed by atoms with Gasteiger partial charge < -0.3 is 30.4 Å². The van der Waals surface area contributed by atoms with Crippen LogP contribution in [0.25, 0.3) is 11.2 Å². The molecule has 3 rings (SSSR count). The van der Waals surface area contributed by atoms with Gasteiger partial charge in [-0.25, -0.2) is 15.0 Å². The second kappa shape index (κ2) is 9.58. The molecule has 2 aromatic rings. The second-order valence-corrected chi connectivity index (χ2v) is 6.76. The molecule has 4 atom stereocenters. The van der Waals surface area contributed by atoms with Crippen LogP contribution in [0.4, 0.5) is 5.82 Å². The first kappa shape index (κ1) is 22.9. The van der Waals surface area contributed by atoms with Crippen LogP contribution in [0.1, 0.15) is 32.8 Å². The molecule has 13 nitrogen and oxygen atoms in total. The molecule has 2 unspecified atom stereocenters. The number of nitrogen functional groups attached to an aromatic ring is 1. The van der Waals surface area contributed by atoms with Gasteiger partial charge in [0.15, 0.2) is 41.2 Å². The summed E-state index contributed by atoms with van der Waals surface area (Å²) < 4.78 is 23.4. The molecule has 0 amide bonds. The van der Waals surface area contributed by atoms with Gasteiger partial charge in [0.1, 0.15) is 19.0 Å². The van der Waals surface area contributed by atoms with Crippen LogP contribution in [0.2, 0.25) is 0 Å². The molecule has 0 radical (unpaired) electrons. The minimum atomic E-state index is -1.14. The van der Waals surface area contributed by atoms with E-state index in [9.17, 15) is 14.4 Å². The molecule has 0 saturated carbocycles. The SMILES string of the molecule is CC(=O)OC[C@H]1O[C@@H](n2c(C#CCN)nc3c(N)ncnc32)C(OC(C)=O)C1OC(C)=O. The summed E-state index contributed by atoms with van der Waals surface area (Å²) in [5.41, 5.74) is 11.9. The topological polar surface area (TPSA) is 184 Å². The number of aromatic nitrogens is 4. The zero-order valence-corrected chi connectivity index (χ0v) is 17.6. The van der Waals surface area contributed by atoms with E-state index in [1.54, 1.807) is 0 Å². The fourth-order valence-corrected chi connectivity index (χ4v) is 3.29. The van der Waals surface area contributed by atoms with Gasteiger partial charge in [0.05, 0.1) is 6.54 Å². The summed E-state index contributed by atoms with van der Waals surface area (Å²) in [7, 11) is 0. The highest BCUT2D eigenvalue weighted by molar-refractivity contribution is 5.82. The number of fused-ring (bicyclic) bond motifs is 1. The maximum absolute atomic E-state index is 11.9. The number of anilines is 1. The molecule has 4 N–H and O–H groups in total. The number of imidazole rings is 1. The van der Waals surface area contributed by atoms with Gasteiger partial charge in [-0.3, -0.25) is 19.0 Å². The molecule has 13 heteroatoms. The van der Waals surface area contributed by atoms with E-state index in [2.05, 4.69) is 26.8 Å². The van der Waals surface area contributed by atoms with E-state index in [-0.39, 0.29) is 36.0 Å². The lowest BCUT2D eigenvalue weighted by atomic mass is 10.1. The van der Waals surface area contributed by atoms with Crippen molar-refractivity contribution in [2.45, 2.75) is 45.3 Å². The third kappa shape index (κ3) is 4.76. The highest BCUT2D eigenvalue weighted by Gasteiger charge is 2.51. The van der Waals surface area contributed by atoms with E-state index in [4.69, 9.17) is 30.4 Å². The summed E-state index contributed by atoms with van der Waals surface area (Å²) in [5, 5.41) is 0. The van der Waals surface area contributed by atoms with E-state index in [1.165, 1.54) is 31.7 Å². The Bertz CT molecular complexity index is 1100. The number of carbonyl (C=O) groups excluding carboxylic acids is 3. The van der Waals surface area contributed by atoms with Crippen LogP contribution in [0.3, 0.4) is 0 Å². The lowest BCUT2D eigenvalue weighted by Crippen LogP contribution is -2.40. The highest BCUT2D eigenvalue weighted by atomic mass is 16.7. The van der Waals surface area contributed by atoms with Crippen LogP contribution >= 0.6 is 0 Å². The summed E-state index contributed by atoms with van der Waals surface area (Å²) in [5.74, 6) is 3.89. The molecule has 1 aliphatic rings. The largest absolute Gasteiger partial charge is 0.463 e. The summed E-state index contributed by atoms with van der Waals surface area (Å²) >= 11 is 0. The third-order valence-corrected chi connectivity index (χ3v) is 4.40. The van der Waals surface area contributed by atoms with Crippen molar-refractivity contribution in [1.82, 2.24) is 19.5 Å². The first-order valence-corrected chi connectivity index (χ1v) is 9.53. The number of nitrogens with two attached hydrogens (primary N) is 2. The van der Waals surface area contributed by atoms with Gasteiger partial charge in [0.25, 0.3) is 0 Å². The molecule has 32 heavy (non-hydrogen) atoms. The smallest absolute Gasteiger partial charge is 0.303 e. The van der Waals surface area contributed by atoms with Crippen LogP contribution in [-0.4, -0.2) is 68.9 Å². The van der Waals surface area contributed by atoms with Gasteiger partial charge in [-0.2, -0.15) is 0 Å². The Morgan fingerprint density at radius 2 is 1.81 bits per heavy atom. The predicted octanol–water partition coefficient (Wildman–Crippen LogP) is -0.957. The minimum Gasteiger partial charge on any atom is -0.463 e. The third-order valence-electron chi connectivity index (χ3n) is 4.40. The second-order valence-electron chi connectivity index (χ2n) is 6.76. The quantitative estimate of drug-likeness (QED) is 0.326. The molecule has 0 bridgehead atoms. The first-order chi connectivity index (χ1) is 15.2. The van der Waals surface area contributed by atoms with E-state index in [0.717, 1.165) is 0 Å². The number of esters is 3. The number of carbonyl (C=O) groups is 3. The van der Waals surface area contributed by atoms with E-state index in [0.29, 0.717) is 0 Å². The molecular weight excluding hydrogens is 424 g/mol. The summed E-state index contributed by atoms with van der Waals surface area (Å²) in [4.78, 5) is 47.5. The van der Waals surface area contributed by atoms with Crippen molar-refractivity contribution in [3.05, 3.63) is 12.2 Å². The molecule has 0 spiro atoms. The van der Waals surface area contributed by atoms with Crippen LogP contribution in [0, 0.1) is 11.8 Å². The van der Waals surface area contributed by atoms with E-state index in [1.807, 2.05) is 0 Å². The van der Waals surface area contributed by atoms with Crippen molar-refractivity contribution in [2.75, 3.05) is 18.9 Å². The van der Waals surface area contributed by atoms with Crippen LogP contribution in [-0.2, 0) is 33.3 Å². The van der Waals surface area contributed by atoms with Crippen LogP contribution in [0.5, 0.6) is 0 Å². The van der Waals surface area contributed by atoms with Crippen molar-refractivity contribution in [2.24, 2.45) is 5.73 Å². The average Bonchev–Trinajstić information content (AvgIpc) is 3.23. The van der Waals surface area contributed by atoms with Crippen molar-refractivity contribution in [1.29, 1.82) is 0 Å². The lowest BCUT2D eigenvalue weighted by molar-refractivity contribution is -0.166. The van der Waals surface area contributed by atoms with Crippen LogP contribution < -0.4 is 11.5 Å². The molecule has 0 aliphatic carbocycles. The zero-order chi connectivity index (χ0) is 23.4. The van der Waals surface area contributed by atoms with Crippen molar-refractivity contribution in [3.63, 3.8) is 0 Å². The molecule has 0 aromatic carbocycles. The summed E-state index contributed by atoms with van der Waals surface area (Å²) in [6, 6.07) is 0. The average molecular weight is 446 g/mol. The molecule has 1 saturated heterocycles. The van der Waals surface area contributed by atoms with Crippen molar-refractivity contribution in [3.8, 4) is 11.8 Å². The van der Waals surface area contributed by atoms with Crippen molar-refractivity contribution >= 4 is 34.9 Å². The standard InChI is InChI=1S/C19H22N6O7/c1-9(26)29-7-12-15(30-10(2)27)16(31-11(3)28)19(32-12)25-13(5-4-6-20)24-14-17(21)22-8-23-18(14)25/h8,12,15-16,19H,6-7,20H2,1-3H3,(H2,21,22,23)/t12-,15?,16?,19-/m1/s1. The van der Waals surface area contributed by atoms with Gasteiger partial charge in [0, 0.05) is 20.8 Å². The van der Waals surface area contributed by atoms with Crippen LogP contribution in [0.15, 0.2) is 6.33 Å². The fourth-order valence-electron chi connectivity index (χ4n) is 3.29. The Morgan fingerprint density at radius 1 is 1.12 bits per heavy atom. The summed E-state index contributed by atoms with van der Waals surface area (Å²) in [6.07, 6.45) is -3.04. The highest BCUT2D eigenvalue weighted by Crippen LogP contribution is 2.37. The Morgan fingerprint density at radius 3 is 2.44 bits per heavy atom. The molecular formula is C19H22N6O7. The predicted molar refractivity (Wildman–Crippen MR) is 107 cm³/mol. The van der Waals surface area contributed by atoms with E-state index < -0.39 is 42.4 Å². The Hall–Kier alpha value is -3.76. The Balaban J connectivity index is 2.15. The number of nitrogens with zero attached hydrogens (tertiary/aromatic N) is 4.